The van der Waals surface area contributed by atoms with E-state index >= 15 is 0 Å². The van der Waals surface area contributed by atoms with E-state index in [1.807, 2.05) is 37.4 Å². The number of urea groups is 1. The fourth-order valence-electron chi connectivity index (χ4n) is 3.11. The van der Waals surface area contributed by atoms with Gasteiger partial charge in [0.25, 0.3) is 0 Å². The highest BCUT2D eigenvalue weighted by Crippen LogP contribution is 2.15. The molecule has 1 aliphatic rings. The van der Waals surface area contributed by atoms with Crippen LogP contribution in [0.15, 0.2) is 41.8 Å². The number of carbonyl (C=O) groups excluding carboxylic acids is 1. The van der Waals surface area contributed by atoms with Gasteiger partial charge in [-0.2, -0.15) is 4.31 Å². The molecule has 0 radical (unpaired) electrons. The Bertz CT molecular complexity index is 1020. The summed E-state index contributed by atoms with van der Waals surface area (Å²) in [5.41, 5.74) is 1.36. The maximum Gasteiger partial charge on any atom is 0.319 e. The molecule has 9 heteroatoms. The first-order chi connectivity index (χ1) is 14.3. The third-order valence-electron chi connectivity index (χ3n) is 4.40. The number of carbonyl (C=O) groups is 1. The molecule has 0 bridgehead atoms. The highest BCUT2D eigenvalue weighted by Gasteiger charge is 2.30. The topological polar surface area (TPSA) is 87.7 Å². The predicted octanol–water partition coefficient (Wildman–Crippen LogP) is 2.71. The van der Waals surface area contributed by atoms with Crippen LogP contribution >= 0.6 is 11.3 Å². The number of nitrogens with zero attached hydrogens (tertiary/aromatic N) is 1. The SMILES string of the molecule is C[C@@H]1CN(S(=O)(=O)CCNC(=O)Nc2cccc(C#Cc3cccs3)c2)C[C@H](C)O1. The van der Waals surface area contributed by atoms with Crippen molar-refractivity contribution in [2.45, 2.75) is 26.1 Å². The summed E-state index contributed by atoms with van der Waals surface area (Å²) in [6.07, 6.45) is -0.287. The lowest BCUT2D eigenvalue weighted by atomic mass is 10.2. The first-order valence-electron chi connectivity index (χ1n) is 9.65. The summed E-state index contributed by atoms with van der Waals surface area (Å²) in [7, 11) is -3.46. The maximum absolute atomic E-state index is 12.5. The van der Waals surface area contributed by atoms with E-state index in [0.717, 1.165) is 10.4 Å². The van der Waals surface area contributed by atoms with Gasteiger partial charge in [-0.3, -0.25) is 0 Å². The molecule has 1 aromatic heterocycles. The average molecular weight is 448 g/mol. The smallest absolute Gasteiger partial charge is 0.319 e. The summed E-state index contributed by atoms with van der Waals surface area (Å²) < 4.78 is 32.0. The molecule has 1 fully saturated rings. The van der Waals surface area contributed by atoms with Gasteiger partial charge in [0.05, 0.1) is 22.8 Å². The molecule has 3 rings (SSSR count). The number of rotatable bonds is 5. The number of ether oxygens (including phenoxy) is 1. The number of morpholine rings is 1. The third-order valence-corrected chi connectivity index (χ3v) is 6.99. The van der Waals surface area contributed by atoms with E-state index in [9.17, 15) is 13.2 Å². The number of anilines is 1. The van der Waals surface area contributed by atoms with Crippen molar-refractivity contribution in [2.75, 3.05) is 30.7 Å². The third kappa shape index (κ3) is 6.57. The normalized spacial score (nSPS) is 19.5. The zero-order valence-electron chi connectivity index (χ0n) is 16.9. The molecule has 1 aliphatic heterocycles. The highest BCUT2D eigenvalue weighted by atomic mass is 32.2. The van der Waals surface area contributed by atoms with Crippen LogP contribution in [0.3, 0.4) is 0 Å². The quantitative estimate of drug-likeness (QED) is 0.690. The van der Waals surface area contributed by atoms with Gasteiger partial charge in [-0.25, -0.2) is 13.2 Å². The Hall–Kier alpha value is -2.38. The first kappa shape index (κ1) is 22.3. The number of benzene rings is 1. The lowest BCUT2D eigenvalue weighted by molar-refractivity contribution is -0.0440. The maximum atomic E-state index is 12.5. The predicted molar refractivity (Wildman–Crippen MR) is 119 cm³/mol. The molecule has 0 spiro atoms. The van der Waals surface area contributed by atoms with Gasteiger partial charge in [0, 0.05) is 30.9 Å². The van der Waals surface area contributed by atoms with E-state index in [1.165, 1.54) is 4.31 Å². The van der Waals surface area contributed by atoms with Crippen molar-refractivity contribution >= 4 is 33.1 Å². The Morgan fingerprint density at radius 1 is 1.20 bits per heavy atom. The standard InChI is InChI=1S/C21H25N3O4S2/c1-16-14-24(15-17(2)28-16)30(26,27)12-10-22-21(25)23-19-6-3-5-18(13-19)8-9-20-7-4-11-29-20/h3-7,11,13,16-17H,10,12,14-15H2,1-2H3,(H2,22,23,25)/t16-,17+. The molecule has 0 aliphatic carbocycles. The van der Waals surface area contributed by atoms with E-state index in [1.54, 1.807) is 29.5 Å². The summed E-state index contributed by atoms with van der Waals surface area (Å²) in [6, 6.07) is 10.6. The Morgan fingerprint density at radius 2 is 1.97 bits per heavy atom. The van der Waals surface area contributed by atoms with Gasteiger partial charge in [0.1, 0.15) is 0 Å². The van der Waals surface area contributed by atoms with E-state index < -0.39 is 16.1 Å². The lowest BCUT2D eigenvalue weighted by Gasteiger charge is -2.34. The summed E-state index contributed by atoms with van der Waals surface area (Å²) in [5.74, 6) is 5.97. The lowest BCUT2D eigenvalue weighted by Crippen LogP contribution is -2.49. The van der Waals surface area contributed by atoms with Gasteiger partial charge >= 0.3 is 6.03 Å². The zero-order chi connectivity index (χ0) is 21.6. The van der Waals surface area contributed by atoms with Gasteiger partial charge in [-0.05, 0) is 43.5 Å². The molecule has 160 valence electrons. The van der Waals surface area contributed by atoms with E-state index in [0.29, 0.717) is 18.8 Å². The molecule has 2 heterocycles. The Kier molecular flexibility index (Phi) is 7.50. The minimum absolute atomic E-state index is 0.0200. The summed E-state index contributed by atoms with van der Waals surface area (Å²) in [4.78, 5) is 13.1. The second-order valence-corrected chi connectivity index (χ2v) is 10.1. The molecule has 2 atom stereocenters. The van der Waals surface area contributed by atoms with Gasteiger partial charge in [-0.1, -0.05) is 24.0 Å². The average Bonchev–Trinajstić information content (AvgIpc) is 3.19. The number of hydrogen-bond acceptors (Lipinski definition) is 5. The summed E-state index contributed by atoms with van der Waals surface area (Å²) in [6.45, 7) is 4.38. The number of thiophene rings is 1. The molecular formula is C21H25N3O4S2. The van der Waals surface area contributed by atoms with Crippen LogP contribution < -0.4 is 10.6 Å². The first-order valence-corrected chi connectivity index (χ1v) is 12.1. The largest absolute Gasteiger partial charge is 0.373 e. The number of sulfonamides is 1. The molecule has 2 N–H and O–H groups in total. The molecule has 30 heavy (non-hydrogen) atoms. The van der Waals surface area contributed by atoms with E-state index in [4.69, 9.17) is 4.74 Å². The summed E-state index contributed by atoms with van der Waals surface area (Å²) in [5, 5.41) is 7.28. The van der Waals surface area contributed by atoms with Crippen LogP contribution in [0, 0.1) is 11.8 Å². The molecule has 7 nitrogen and oxygen atoms in total. The minimum atomic E-state index is -3.46. The van der Waals surface area contributed by atoms with Crippen molar-refractivity contribution in [3.05, 3.63) is 52.2 Å². The molecular weight excluding hydrogens is 422 g/mol. The highest BCUT2D eigenvalue weighted by molar-refractivity contribution is 7.89. The Balaban J connectivity index is 1.49. The Morgan fingerprint density at radius 3 is 2.67 bits per heavy atom. The second-order valence-electron chi connectivity index (χ2n) is 7.08. The van der Waals surface area contributed by atoms with Crippen LogP contribution in [0.5, 0.6) is 0 Å². The van der Waals surface area contributed by atoms with Gasteiger partial charge in [-0.15, -0.1) is 11.3 Å². The van der Waals surface area contributed by atoms with E-state index in [2.05, 4.69) is 22.5 Å². The second kappa shape index (κ2) is 10.1. The molecule has 2 aromatic rings. The monoisotopic (exact) mass is 447 g/mol. The molecule has 1 aromatic carbocycles. The Labute approximate surface area is 181 Å². The molecule has 0 unspecified atom stereocenters. The van der Waals surface area contributed by atoms with Crippen LogP contribution in [-0.2, 0) is 14.8 Å². The van der Waals surface area contributed by atoms with Gasteiger partial charge < -0.3 is 15.4 Å². The van der Waals surface area contributed by atoms with Crippen molar-refractivity contribution in [3.63, 3.8) is 0 Å². The minimum Gasteiger partial charge on any atom is -0.373 e. The van der Waals surface area contributed by atoms with Crippen molar-refractivity contribution in [1.82, 2.24) is 9.62 Å². The summed E-state index contributed by atoms with van der Waals surface area (Å²) >= 11 is 1.57. The van der Waals surface area contributed by atoms with Crippen molar-refractivity contribution in [3.8, 4) is 11.8 Å². The number of amides is 2. The van der Waals surface area contributed by atoms with Gasteiger partial charge in [0.2, 0.25) is 10.0 Å². The number of nitrogens with one attached hydrogen (secondary N) is 2. The molecule has 1 saturated heterocycles. The van der Waals surface area contributed by atoms with Crippen molar-refractivity contribution in [1.29, 1.82) is 0 Å². The van der Waals surface area contributed by atoms with Gasteiger partial charge in [0.15, 0.2) is 0 Å². The number of hydrogen-bond donors (Lipinski definition) is 2. The van der Waals surface area contributed by atoms with Crippen LogP contribution in [0.2, 0.25) is 0 Å². The van der Waals surface area contributed by atoms with Crippen LogP contribution in [0.1, 0.15) is 24.3 Å². The van der Waals surface area contributed by atoms with Crippen LogP contribution in [0.25, 0.3) is 0 Å². The van der Waals surface area contributed by atoms with Crippen LogP contribution in [-0.4, -0.2) is 56.3 Å². The zero-order valence-corrected chi connectivity index (χ0v) is 18.6. The molecule has 0 saturated carbocycles. The fraction of sp³-hybridized carbons (Fsp3) is 0.381. The van der Waals surface area contributed by atoms with Crippen LogP contribution in [0.4, 0.5) is 10.5 Å². The van der Waals surface area contributed by atoms with Crippen molar-refractivity contribution < 1.29 is 17.9 Å². The van der Waals surface area contributed by atoms with E-state index in [-0.39, 0.29) is 24.5 Å². The fourth-order valence-corrected chi connectivity index (χ4v) is 5.18. The molecule has 2 amide bonds. The van der Waals surface area contributed by atoms with Crippen molar-refractivity contribution in [2.24, 2.45) is 0 Å².